The molecule has 0 saturated carbocycles. The predicted molar refractivity (Wildman–Crippen MR) is 100 cm³/mol. The Morgan fingerprint density at radius 2 is 1.72 bits per heavy atom. The lowest BCUT2D eigenvalue weighted by molar-refractivity contribution is -0.0988. The second-order valence-electron chi connectivity index (χ2n) is 7.85. The molecule has 2 unspecified atom stereocenters. The summed E-state index contributed by atoms with van der Waals surface area (Å²) in [6.07, 6.45) is 9.09. The van der Waals surface area contributed by atoms with Gasteiger partial charge in [0.2, 0.25) is 0 Å². The Morgan fingerprint density at radius 1 is 1.00 bits per heavy atom. The highest BCUT2D eigenvalue weighted by Gasteiger charge is 2.44. The van der Waals surface area contributed by atoms with Gasteiger partial charge in [0.15, 0.2) is 0 Å². The molecule has 2 aliphatic rings. The van der Waals surface area contributed by atoms with Gasteiger partial charge in [-0.1, -0.05) is 42.8 Å². The molecule has 0 radical (unpaired) electrons. The number of nitrogens with zero attached hydrogens (tertiary/aromatic N) is 2. The fourth-order valence-corrected chi connectivity index (χ4v) is 4.78. The summed E-state index contributed by atoms with van der Waals surface area (Å²) in [5.74, 6) is 0. The van der Waals surface area contributed by atoms with Crippen LogP contribution < -0.4 is 0 Å². The summed E-state index contributed by atoms with van der Waals surface area (Å²) in [7, 11) is 0. The van der Waals surface area contributed by atoms with Gasteiger partial charge < -0.3 is 5.11 Å². The van der Waals surface area contributed by atoms with Gasteiger partial charge in [0, 0.05) is 30.5 Å². The Morgan fingerprint density at radius 3 is 2.40 bits per heavy atom. The van der Waals surface area contributed by atoms with E-state index in [4.69, 9.17) is 0 Å². The average molecular weight is 336 g/mol. The molecule has 2 atom stereocenters. The van der Waals surface area contributed by atoms with Crippen molar-refractivity contribution in [1.29, 1.82) is 0 Å². The number of aliphatic hydroxyl groups is 1. The molecule has 25 heavy (non-hydrogen) atoms. The van der Waals surface area contributed by atoms with Gasteiger partial charge in [0.05, 0.1) is 5.60 Å². The predicted octanol–water partition coefficient (Wildman–Crippen LogP) is 3.96. The normalized spacial score (nSPS) is 29.5. The lowest BCUT2D eigenvalue weighted by atomic mass is 9.73. The van der Waals surface area contributed by atoms with Crippen LogP contribution in [-0.4, -0.2) is 32.7 Å². The van der Waals surface area contributed by atoms with E-state index < -0.39 is 5.60 Å². The first-order valence-electron chi connectivity index (χ1n) is 9.64. The summed E-state index contributed by atoms with van der Waals surface area (Å²) in [6, 6.07) is 17.8. The minimum atomic E-state index is -0.527. The summed E-state index contributed by atoms with van der Waals surface area (Å²) < 4.78 is 0. The molecular weight excluding hydrogens is 308 g/mol. The van der Waals surface area contributed by atoms with E-state index >= 15 is 0 Å². The highest BCUT2D eigenvalue weighted by atomic mass is 16.3. The molecule has 3 heteroatoms. The molecule has 0 aliphatic carbocycles. The van der Waals surface area contributed by atoms with Crippen LogP contribution in [0.25, 0.3) is 0 Å². The molecular formula is C22H28N2O. The molecule has 2 aliphatic heterocycles. The largest absolute Gasteiger partial charge is 0.390 e. The molecule has 132 valence electrons. The second-order valence-corrected chi connectivity index (χ2v) is 7.85. The molecule has 3 nitrogen and oxygen atoms in total. The van der Waals surface area contributed by atoms with Crippen LogP contribution in [0.4, 0.5) is 0 Å². The molecule has 1 aromatic carbocycles. The number of rotatable bonds is 5. The summed E-state index contributed by atoms with van der Waals surface area (Å²) in [5.41, 5.74) is 1.95. The summed E-state index contributed by atoms with van der Waals surface area (Å²) in [4.78, 5) is 7.08. The van der Waals surface area contributed by atoms with Crippen molar-refractivity contribution in [2.75, 3.05) is 0 Å². The highest BCUT2D eigenvalue weighted by molar-refractivity contribution is 5.16. The Hall–Kier alpha value is -1.71. The fourth-order valence-electron chi connectivity index (χ4n) is 4.78. The maximum Gasteiger partial charge on any atom is 0.0681 e. The van der Waals surface area contributed by atoms with E-state index in [0.717, 1.165) is 37.9 Å². The summed E-state index contributed by atoms with van der Waals surface area (Å²) in [6.45, 7) is 1.02. The van der Waals surface area contributed by atoms with Crippen LogP contribution in [0.1, 0.15) is 49.8 Å². The molecule has 2 aromatic rings. The third kappa shape index (κ3) is 3.94. The molecule has 1 N–H and O–H groups in total. The van der Waals surface area contributed by atoms with Crippen LogP contribution in [0.15, 0.2) is 54.7 Å². The number of hydrogen-bond acceptors (Lipinski definition) is 3. The minimum Gasteiger partial charge on any atom is -0.390 e. The number of benzene rings is 1. The van der Waals surface area contributed by atoms with E-state index in [1.54, 1.807) is 0 Å². The third-order valence-electron chi connectivity index (χ3n) is 6.02. The quantitative estimate of drug-likeness (QED) is 0.898. The van der Waals surface area contributed by atoms with Crippen molar-refractivity contribution in [2.24, 2.45) is 0 Å². The van der Waals surface area contributed by atoms with Gasteiger partial charge in [-0.2, -0.15) is 0 Å². The molecule has 4 rings (SSSR count). The van der Waals surface area contributed by atoms with Crippen molar-refractivity contribution < 1.29 is 5.11 Å². The smallest absolute Gasteiger partial charge is 0.0681 e. The number of fused-ring (bicyclic) bond motifs is 2. The van der Waals surface area contributed by atoms with Crippen LogP contribution >= 0.6 is 0 Å². The van der Waals surface area contributed by atoms with E-state index in [-0.39, 0.29) is 0 Å². The van der Waals surface area contributed by atoms with Gasteiger partial charge in [-0.25, -0.2) is 0 Å². The first-order chi connectivity index (χ1) is 12.2. The first-order valence-corrected chi connectivity index (χ1v) is 9.64. The Kier molecular flexibility index (Phi) is 4.87. The van der Waals surface area contributed by atoms with Crippen molar-refractivity contribution in [1.82, 2.24) is 9.88 Å². The molecule has 2 saturated heterocycles. The first kappa shape index (κ1) is 16.7. The second kappa shape index (κ2) is 7.27. The zero-order chi connectivity index (χ0) is 17.1. The van der Waals surface area contributed by atoms with Crippen LogP contribution in [0.2, 0.25) is 0 Å². The Bertz CT molecular complexity index is 659. The monoisotopic (exact) mass is 336 g/mol. The van der Waals surface area contributed by atoms with Gasteiger partial charge in [0.25, 0.3) is 0 Å². The maximum atomic E-state index is 11.3. The topological polar surface area (TPSA) is 36.4 Å². The molecule has 1 aromatic heterocycles. The van der Waals surface area contributed by atoms with E-state index in [1.807, 2.05) is 18.3 Å². The highest BCUT2D eigenvalue weighted by Crippen LogP contribution is 2.41. The Balaban J connectivity index is 1.43. The van der Waals surface area contributed by atoms with E-state index in [2.05, 4.69) is 46.3 Å². The van der Waals surface area contributed by atoms with Gasteiger partial charge in [-0.3, -0.25) is 9.88 Å². The van der Waals surface area contributed by atoms with E-state index in [1.165, 1.54) is 24.8 Å². The van der Waals surface area contributed by atoms with Crippen LogP contribution in [0.3, 0.4) is 0 Å². The van der Waals surface area contributed by atoms with Crippen molar-refractivity contribution in [3.63, 3.8) is 0 Å². The van der Waals surface area contributed by atoms with Gasteiger partial charge >= 0.3 is 0 Å². The van der Waals surface area contributed by atoms with Crippen LogP contribution in [0.5, 0.6) is 0 Å². The van der Waals surface area contributed by atoms with Gasteiger partial charge in [-0.15, -0.1) is 0 Å². The minimum absolute atomic E-state index is 0.515. The average Bonchev–Trinajstić information content (AvgIpc) is 2.63. The molecule has 0 amide bonds. The number of piperidine rings is 2. The van der Waals surface area contributed by atoms with Gasteiger partial charge in [-0.05, 0) is 56.2 Å². The van der Waals surface area contributed by atoms with Crippen molar-refractivity contribution >= 4 is 0 Å². The number of aromatic nitrogens is 1. The molecule has 2 bridgehead atoms. The van der Waals surface area contributed by atoms with Crippen molar-refractivity contribution in [2.45, 2.75) is 69.2 Å². The van der Waals surface area contributed by atoms with Crippen LogP contribution in [-0.2, 0) is 13.0 Å². The van der Waals surface area contributed by atoms with E-state index in [9.17, 15) is 5.11 Å². The zero-order valence-corrected chi connectivity index (χ0v) is 14.8. The number of aryl methyl sites for hydroxylation is 1. The zero-order valence-electron chi connectivity index (χ0n) is 14.8. The standard InChI is InChI=1S/C22H28N2O/c25-22(13-12-19-9-4-5-14-23-19)15-20-10-6-11-21(16-22)24(20)17-18-7-2-1-3-8-18/h1-5,7-9,14,20-21,25H,6,10-13,15-17H2. The van der Waals surface area contributed by atoms with E-state index in [0.29, 0.717) is 12.1 Å². The number of pyridine rings is 1. The third-order valence-corrected chi connectivity index (χ3v) is 6.02. The SMILES string of the molecule is OC1(CCc2ccccn2)CC2CCCC(C1)N2Cc1ccccc1. The number of hydrogen-bond donors (Lipinski definition) is 1. The summed E-state index contributed by atoms with van der Waals surface area (Å²) >= 11 is 0. The molecule has 0 spiro atoms. The molecule has 3 heterocycles. The lowest BCUT2D eigenvalue weighted by Crippen LogP contribution is -2.57. The lowest BCUT2D eigenvalue weighted by Gasteiger charge is -2.52. The van der Waals surface area contributed by atoms with Crippen LogP contribution in [0, 0.1) is 0 Å². The maximum absolute atomic E-state index is 11.3. The fraction of sp³-hybridized carbons (Fsp3) is 0.500. The summed E-state index contributed by atoms with van der Waals surface area (Å²) in [5, 5.41) is 11.3. The Labute approximate surface area is 150 Å². The van der Waals surface area contributed by atoms with Gasteiger partial charge in [0.1, 0.15) is 0 Å². The van der Waals surface area contributed by atoms with Crippen molar-refractivity contribution in [3.05, 3.63) is 66.0 Å². The van der Waals surface area contributed by atoms with Crippen molar-refractivity contribution in [3.8, 4) is 0 Å². The molecule has 2 fully saturated rings.